The van der Waals surface area contributed by atoms with E-state index in [1.807, 2.05) is 41.1 Å². The van der Waals surface area contributed by atoms with Crippen LogP contribution in [-0.4, -0.2) is 16.1 Å². The highest BCUT2D eigenvalue weighted by atomic mass is 79.9. The van der Waals surface area contributed by atoms with E-state index in [-0.39, 0.29) is 17.0 Å². The standard InChI is InChI=1S/C15H15ClN3O.BrH/c16-12-4-2-11(3-5-12)15(20)10-18-9-1-8-17-14(18)19(15)13-6-7-13;/h1-5,8-9,13,20H,6-7,10H2;1H/q+1;/p-1. The zero-order valence-corrected chi connectivity index (χ0v) is 13.6. The lowest BCUT2D eigenvalue weighted by Crippen LogP contribution is -3.00. The fourth-order valence-electron chi connectivity index (χ4n) is 2.94. The van der Waals surface area contributed by atoms with Crippen LogP contribution in [-0.2, 0) is 12.3 Å². The highest BCUT2D eigenvalue weighted by molar-refractivity contribution is 6.30. The van der Waals surface area contributed by atoms with Crippen molar-refractivity contribution in [3.8, 4) is 0 Å². The monoisotopic (exact) mass is 367 g/mol. The Balaban J connectivity index is 0.00000132. The molecule has 4 rings (SSSR count). The van der Waals surface area contributed by atoms with Gasteiger partial charge >= 0.3 is 5.95 Å². The van der Waals surface area contributed by atoms with Crippen LogP contribution in [0.25, 0.3) is 0 Å². The van der Waals surface area contributed by atoms with E-state index in [0.717, 1.165) is 24.4 Å². The smallest absolute Gasteiger partial charge is 0.397 e. The second-order valence-electron chi connectivity index (χ2n) is 5.47. The number of aliphatic hydroxyl groups is 1. The molecule has 1 atom stereocenters. The van der Waals surface area contributed by atoms with Crippen molar-refractivity contribution in [3.63, 3.8) is 0 Å². The van der Waals surface area contributed by atoms with E-state index in [1.165, 1.54) is 0 Å². The normalized spacial score (nSPS) is 23.6. The van der Waals surface area contributed by atoms with Crippen molar-refractivity contribution in [1.82, 2.24) is 4.98 Å². The fourth-order valence-corrected chi connectivity index (χ4v) is 3.07. The average Bonchev–Trinajstić information content (AvgIpc) is 3.22. The number of aromatic nitrogens is 2. The number of benzene rings is 1. The maximum absolute atomic E-state index is 11.3. The zero-order valence-electron chi connectivity index (χ0n) is 11.3. The number of anilines is 1. The maximum Gasteiger partial charge on any atom is 0.397 e. The van der Waals surface area contributed by atoms with Crippen LogP contribution in [0.15, 0.2) is 42.7 Å². The molecule has 0 amide bonds. The van der Waals surface area contributed by atoms with E-state index >= 15 is 0 Å². The van der Waals surface area contributed by atoms with Gasteiger partial charge in [0.2, 0.25) is 5.72 Å². The number of hydrogen-bond acceptors (Lipinski definition) is 3. The highest BCUT2D eigenvalue weighted by Gasteiger charge is 2.57. The zero-order chi connectivity index (χ0) is 13.7. The van der Waals surface area contributed by atoms with Gasteiger partial charge in [-0.1, -0.05) is 28.7 Å². The molecule has 2 aliphatic rings. The molecule has 110 valence electrons. The predicted molar refractivity (Wildman–Crippen MR) is 75.3 cm³/mol. The maximum atomic E-state index is 11.3. The van der Waals surface area contributed by atoms with Crippen molar-refractivity contribution in [2.45, 2.75) is 31.2 Å². The van der Waals surface area contributed by atoms with Crippen LogP contribution in [0, 0.1) is 0 Å². The topological polar surface area (TPSA) is 40.2 Å². The minimum atomic E-state index is -1.03. The second kappa shape index (κ2) is 5.23. The molecule has 1 aromatic heterocycles. The number of halogens is 2. The molecule has 0 saturated heterocycles. The number of hydrogen-bond donors (Lipinski definition) is 1. The van der Waals surface area contributed by atoms with Gasteiger partial charge < -0.3 is 22.1 Å². The Kier molecular flexibility index (Phi) is 3.67. The Morgan fingerprint density at radius 3 is 2.67 bits per heavy atom. The van der Waals surface area contributed by atoms with Gasteiger partial charge in [-0.3, -0.25) is 0 Å². The number of nitrogens with zero attached hydrogens (tertiary/aromatic N) is 3. The first-order valence-electron chi connectivity index (χ1n) is 6.81. The molecule has 6 heteroatoms. The third-order valence-corrected chi connectivity index (χ3v) is 4.27. The van der Waals surface area contributed by atoms with Gasteiger partial charge in [0.25, 0.3) is 0 Å². The van der Waals surface area contributed by atoms with Crippen molar-refractivity contribution >= 4 is 17.5 Å². The van der Waals surface area contributed by atoms with Crippen LogP contribution >= 0.6 is 11.6 Å². The molecule has 1 N–H and O–H groups in total. The largest absolute Gasteiger partial charge is 1.00 e. The van der Waals surface area contributed by atoms with Crippen molar-refractivity contribution in [3.05, 3.63) is 53.3 Å². The summed E-state index contributed by atoms with van der Waals surface area (Å²) < 4.78 is 2.01. The molecular weight excluding hydrogens is 354 g/mol. The summed E-state index contributed by atoms with van der Waals surface area (Å²) in [5.74, 6) is 0.840. The number of fused-ring (bicyclic) bond motifs is 1. The summed E-state index contributed by atoms with van der Waals surface area (Å²) in [4.78, 5) is 6.50. The lowest BCUT2D eigenvalue weighted by Gasteiger charge is -2.28. The summed E-state index contributed by atoms with van der Waals surface area (Å²) in [6, 6.07) is 9.69. The summed E-state index contributed by atoms with van der Waals surface area (Å²) in [5.41, 5.74) is -0.174. The van der Waals surface area contributed by atoms with E-state index in [1.54, 1.807) is 6.20 Å². The van der Waals surface area contributed by atoms with Crippen LogP contribution in [0.4, 0.5) is 5.95 Å². The first-order valence-corrected chi connectivity index (χ1v) is 7.18. The average molecular weight is 369 g/mol. The summed E-state index contributed by atoms with van der Waals surface area (Å²) >= 11 is 5.95. The first kappa shape index (κ1) is 14.8. The molecule has 1 aromatic carbocycles. The molecule has 4 nitrogen and oxygen atoms in total. The van der Waals surface area contributed by atoms with E-state index in [2.05, 4.69) is 9.88 Å². The summed E-state index contributed by atoms with van der Waals surface area (Å²) in [5, 5.41) is 11.9. The molecular formula is C15H15BrClN3O. The molecule has 1 aliphatic heterocycles. The highest BCUT2D eigenvalue weighted by Crippen LogP contribution is 2.42. The summed E-state index contributed by atoms with van der Waals surface area (Å²) in [6.07, 6.45) is 5.94. The number of rotatable bonds is 2. The Morgan fingerprint density at radius 2 is 2.00 bits per heavy atom. The van der Waals surface area contributed by atoms with Crippen LogP contribution < -0.4 is 26.4 Å². The third-order valence-electron chi connectivity index (χ3n) is 4.02. The van der Waals surface area contributed by atoms with Gasteiger partial charge in [0, 0.05) is 16.7 Å². The van der Waals surface area contributed by atoms with Crippen LogP contribution in [0.2, 0.25) is 5.02 Å². The van der Waals surface area contributed by atoms with Crippen molar-refractivity contribution in [2.24, 2.45) is 0 Å². The third kappa shape index (κ3) is 2.33. The molecule has 1 saturated carbocycles. The SMILES string of the molecule is OC1(c2ccc(Cl)cc2)C[n+]2cccnc2N1C1CC1.[Br-]. The van der Waals surface area contributed by atoms with Gasteiger partial charge in [-0.2, -0.15) is 0 Å². The Hall–Kier alpha value is -1.17. The molecule has 0 radical (unpaired) electrons. The molecule has 21 heavy (non-hydrogen) atoms. The van der Waals surface area contributed by atoms with Crippen molar-refractivity contribution in [1.29, 1.82) is 0 Å². The van der Waals surface area contributed by atoms with Gasteiger partial charge in [0.05, 0.1) is 12.2 Å². The van der Waals surface area contributed by atoms with E-state index in [4.69, 9.17) is 11.6 Å². The Bertz CT molecular complexity index is 662. The van der Waals surface area contributed by atoms with Gasteiger partial charge in [0.1, 0.15) is 12.7 Å². The predicted octanol–water partition coefficient (Wildman–Crippen LogP) is -1.15. The van der Waals surface area contributed by atoms with Gasteiger partial charge in [0.15, 0.2) is 0 Å². The lowest BCUT2D eigenvalue weighted by molar-refractivity contribution is -0.685. The molecule has 2 aromatic rings. The fraction of sp³-hybridized carbons (Fsp3) is 0.333. The molecule has 1 unspecified atom stereocenters. The van der Waals surface area contributed by atoms with Crippen LogP contribution in [0.5, 0.6) is 0 Å². The molecule has 1 fully saturated rings. The van der Waals surface area contributed by atoms with Crippen LogP contribution in [0.1, 0.15) is 18.4 Å². The van der Waals surface area contributed by atoms with Gasteiger partial charge in [-0.15, -0.1) is 0 Å². The molecule has 0 spiro atoms. The van der Waals surface area contributed by atoms with E-state index in [0.29, 0.717) is 17.6 Å². The Morgan fingerprint density at radius 1 is 1.29 bits per heavy atom. The van der Waals surface area contributed by atoms with Gasteiger partial charge in [-0.25, -0.2) is 9.47 Å². The lowest BCUT2D eigenvalue weighted by atomic mass is 10.0. The van der Waals surface area contributed by atoms with Crippen molar-refractivity contribution < 1.29 is 26.7 Å². The van der Waals surface area contributed by atoms with E-state index < -0.39 is 5.72 Å². The van der Waals surface area contributed by atoms with E-state index in [9.17, 15) is 5.11 Å². The summed E-state index contributed by atoms with van der Waals surface area (Å²) in [7, 11) is 0. The summed E-state index contributed by atoms with van der Waals surface area (Å²) in [6.45, 7) is 0.494. The second-order valence-corrected chi connectivity index (χ2v) is 5.91. The van der Waals surface area contributed by atoms with Gasteiger partial charge in [-0.05, 0) is 25.0 Å². The minimum Gasteiger partial charge on any atom is -1.00 e. The molecule has 0 bridgehead atoms. The minimum absolute atomic E-state index is 0. The Labute approximate surface area is 138 Å². The quantitative estimate of drug-likeness (QED) is 0.681. The first-order chi connectivity index (χ1) is 9.68. The molecule has 1 aliphatic carbocycles. The molecule has 2 heterocycles. The van der Waals surface area contributed by atoms with Crippen LogP contribution in [0.3, 0.4) is 0 Å². The van der Waals surface area contributed by atoms with Crippen molar-refractivity contribution in [2.75, 3.05) is 4.90 Å².